The number of rotatable bonds is 6. The molecule has 0 aliphatic rings. The predicted molar refractivity (Wildman–Crippen MR) is 100 cm³/mol. The maximum atomic E-state index is 12.2. The van der Waals surface area contributed by atoms with Gasteiger partial charge in [0.1, 0.15) is 18.1 Å². The summed E-state index contributed by atoms with van der Waals surface area (Å²) in [4.78, 5) is 12.2. The predicted octanol–water partition coefficient (Wildman–Crippen LogP) is 4.00. The molecule has 0 bridgehead atoms. The largest absolute Gasteiger partial charge is 0.497 e. The van der Waals surface area contributed by atoms with Gasteiger partial charge < -0.3 is 19.2 Å². The van der Waals surface area contributed by atoms with E-state index in [4.69, 9.17) is 13.9 Å². The fourth-order valence-corrected chi connectivity index (χ4v) is 2.68. The van der Waals surface area contributed by atoms with Gasteiger partial charge in [-0.25, -0.2) is 0 Å². The zero-order valence-corrected chi connectivity index (χ0v) is 14.6. The molecule has 0 unspecified atom stereocenters. The molecule has 0 fully saturated rings. The Morgan fingerprint density at radius 2 is 2.07 bits per heavy atom. The van der Waals surface area contributed by atoms with Gasteiger partial charge in [-0.05, 0) is 48.0 Å². The van der Waals surface area contributed by atoms with Gasteiger partial charge in [-0.2, -0.15) is 5.10 Å². The molecular weight excluding hydrogens is 346 g/mol. The van der Waals surface area contributed by atoms with Gasteiger partial charge in [0.2, 0.25) is 0 Å². The fourth-order valence-electron chi connectivity index (χ4n) is 2.68. The van der Waals surface area contributed by atoms with Crippen molar-refractivity contribution in [3.8, 4) is 11.5 Å². The lowest BCUT2D eigenvalue weighted by Crippen LogP contribution is -2.11. The SMILES string of the molecule is COc1cccc(COc2ccc3[nH]nc(NC(=O)c4ccco4)c3c2)c1. The summed E-state index contributed by atoms with van der Waals surface area (Å²) in [5.41, 5.74) is 1.78. The maximum absolute atomic E-state index is 12.2. The van der Waals surface area contributed by atoms with Crippen molar-refractivity contribution in [3.63, 3.8) is 0 Å². The van der Waals surface area contributed by atoms with E-state index in [9.17, 15) is 4.79 Å². The molecule has 0 saturated carbocycles. The van der Waals surface area contributed by atoms with Crippen LogP contribution < -0.4 is 14.8 Å². The summed E-state index contributed by atoms with van der Waals surface area (Å²) < 4.78 is 16.2. The number of nitrogens with zero attached hydrogens (tertiary/aromatic N) is 1. The Bertz CT molecular complexity index is 1070. The van der Waals surface area contributed by atoms with E-state index >= 15 is 0 Å². The van der Waals surface area contributed by atoms with Crippen LogP contribution in [-0.2, 0) is 6.61 Å². The molecule has 0 saturated heterocycles. The highest BCUT2D eigenvalue weighted by molar-refractivity contribution is 6.06. The van der Waals surface area contributed by atoms with Crippen LogP contribution in [0.4, 0.5) is 5.82 Å². The van der Waals surface area contributed by atoms with Gasteiger partial charge in [-0.3, -0.25) is 9.89 Å². The van der Waals surface area contributed by atoms with Crippen LogP contribution in [0.3, 0.4) is 0 Å². The minimum absolute atomic E-state index is 0.219. The Morgan fingerprint density at radius 1 is 1.15 bits per heavy atom. The number of aromatic amines is 1. The van der Waals surface area contributed by atoms with Gasteiger partial charge >= 0.3 is 0 Å². The number of ether oxygens (including phenoxy) is 2. The van der Waals surface area contributed by atoms with E-state index in [0.29, 0.717) is 18.2 Å². The summed E-state index contributed by atoms with van der Waals surface area (Å²) in [6.07, 6.45) is 1.45. The van der Waals surface area contributed by atoms with E-state index in [0.717, 1.165) is 22.2 Å². The molecule has 2 N–H and O–H groups in total. The third kappa shape index (κ3) is 3.62. The van der Waals surface area contributed by atoms with E-state index in [1.807, 2.05) is 42.5 Å². The van der Waals surface area contributed by atoms with Crippen LogP contribution in [0.15, 0.2) is 65.3 Å². The molecule has 0 aliphatic carbocycles. The lowest BCUT2D eigenvalue weighted by atomic mass is 10.2. The van der Waals surface area contributed by atoms with Crippen LogP contribution in [-0.4, -0.2) is 23.2 Å². The number of benzene rings is 2. The smallest absolute Gasteiger partial charge is 0.292 e. The molecular formula is C20H17N3O4. The Morgan fingerprint density at radius 3 is 2.89 bits per heavy atom. The number of fused-ring (bicyclic) bond motifs is 1. The molecule has 4 aromatic rings. The lowest BCUT2D eigenvalue weighted by molar-refractivity contribution is 0.0996. The highest BCUT2D eigenvalue weighted by atomic mass is 16.5. The highest BCUT2D eigenvalue weighted by Gasteiger charge is 2.14. The Hall–Kier alpha value is -3.74. The third-order valence-electron chi connectivity index (χ3n) is 4.05. The Balaban J connectivity index is 1.52. The van der Waals surface area contributed by atoms with E-state index < -0.39 is 0 Å². The average molecular weight is 363 g/mol. The first kappa shape index (κ1) is 16.7. The number of hydrogen-bond acceptors (Lipinski definition) is 5. The van der Waals surface area contributed by atoms with Crippen LogP contribution in [0.5, 0.6) is 11.5 Å². The van der Waals surface area contributed by atoms with Crippen molar-refractivity contribution in [2.24, 2.45) is 0 Å². The second-order valence-electron chi connectivity index (χ2n) is 5.85. The molecule has 136 valence electrons. The van der Waals surface area contributed by atoms with Crippen molar-refractivity contribution in [1.29, 1.82) is 0 Å². The molecule has 7 nitrogen and oxygen atoms in total. The summed E-state index contributed by atoms with van der Waals surface area (Å²) in [6.45, 7) is 0.397. The lowest BCUT2D eigenvalue weighted by Gasteiger charge is -2.08. The highest BCUT2D eigenvalue weighted by Crippen LogP contribution is 2.26. The first-order valence-electron chi connectivity index (χ1n) is 8.31. The van der Waals surface area contributed by atoms with Gasteiger partial charge in [0.05, 0.1) is 18.9 Å². The van der Waals surface area contributed by atoms with E-state index in [2.05, 4.69) is 15.5 Å². The number of aromatic nitrogens is 2. The van der Waals surface area contributed by atoms with E-state index in [1.54, 1.807) is 19.2 Å². The molecule has 2 aromatic heterocycles. The van der Waals surface area contributed by atoms with Crippen molar-refractivity contribution in [2.75, 3.05) is 12.4 Å². The minimum atomic E-state index is -0.365. The number of carbonyl (C=O) groups excluding carboxylic acids is 1. The zero-order chi connectivity index (χ0) is 18.6. The average Bonchev–Trinajstić information content (AvgIpc) is 3.37. The molecule has 0 radical (unpaired) electrons. The number of anilines is 1. The number of amides is 1. The quantitative estimate of drug-likeness (QED) is 0.540. The molecule has 4 rings (SSSR count). The number of methoxy groups -OCH3 is 1. The maximum Gasteiger partial charge on any atom is 0.292 e. The second kappa shape index (κ2) is 7.25. The molecule has 0 aliphatic heterocycles. The van der Waals surface area contributed by atoms with Crippen LogP contribution in [0.2, 0.25) is 0 Å². The van der Waals surface area contributed by atoms with E-state index in [-0.39, 0.29) is 11.7 Å². The molecule has 0 spiro atoms. The molecule has 2 aromatic carbocycles. The van der Waals surface area contributed by atoms with Crippen LogP contribution in [0, 0.1) is 0 Å². The summed E-state index contributed by atoms with van der Waals surface area (Å²) in [5.74, 6) is 1.72. The topological polar surface area (TPSA) is 89.4 Å². The Labute approximate surface area is 154 Å². The first-order valence-corrected chi connectivity index (χ1v) is 8.31. The Kier molecular flexibility index (Phi) is 4.49. The van der Waals surface area contributed by atoms with Crippen molar-refractivity contribution in [3.05, 3.63) is 72.2 Å². The number of H-pyrrole nitrogens is 1. The van der Waals surface area contributed by atoms with Crippen molar-refractivity contribution >= 4 is 22.6 Å². The van der Waals surface area contributed by atoms with Crippen LogP contribution >= 0.6 is 0 Å². The fraction of sp³-hybridized carbons (Fsp3) is 0.100. The van der Waals surface area contributed by atoms with Crippen LogP contribution in [0.1, 0.15) is 16.1 Å². The summed E-state index contributed by atoms with van der Waals surface area (Å²) in [6, 6.07) is 16.5. The minimum Gasteiger partial charge on any atom is -0.497 e. The number of hydrogen-bond donors (Lipinski definition) is 2. The molecule has 27 heavy (non-hydrogen) atoms. The monoisotopic (exact) mass is 363 g/mol. The first-order chi connectivity index (χ1) is 13.2. The molecule has 7 heteroatoms. The standard InChI is InChI=1S/C20H17N3O4/c1-25-14-5-2-4-13(10-14)12-27-15-7-8-17-16(11-15)19(23-22-17)21-20(24)18-6-3-9-26-18/h2-11H,12H2,1H3,(H2,21,22,23,24). The van der Waals surface area contributed by atoms with Gasteiger partial charge in [-0.1, -0.05) is 12.1 Å². The third-order valence-corrected chi connectivity index (χ3v) is 4.05. The summed E-state index contributed by atoms with van der Waals surface area (Å²) in [7, 11) is 1.63. The van der Waals surface area contributed by atoms with Gasteiger partial charge in [0.25, 0.3) is 5.91 Å². The van der Waals surface area contributed by atoms with E-state index in [1.165, 1.54) is 6.26 Å². The molecule has 0 atom stereocenters. The normalized spacial score (nSPS) is 10.7. The zero-order valence-electron chi connectivity index (χ0n) is 14.6. The molecule has 1 amide bonds. The number of carbonyl (C=O) groups is 1. The second-order valence-corrected chi connectivity index (χ2v) is 5.85. The number of nitrogens with one attached hydrogen (secondary N) is 2. The van der Waals surface area contributed by atoms with Crippen LogP contribution in [0.25, 0.3) is 10.9 Å². The number of furan rings is 1. The molecule has 2 heterocycles. The van der Waals surface area contributed by atoms with Crippen molar-refractivity contribution in [1.82, 2.24) is 10.2 Å². The van der Waals surface area contributed by atoms with Crippen molar-refractivity contribution in [2.45, 2.75) is 6.61 Å². The van der Waals surface area contributed by atoms with Gasteiger partial charge in [0.15, 0.2) is 11.6 Å². The van der Waals surface area contributed by atoms with Gasteiger partial charge in [-0.15, -0.1) is 0 Å². The van der Waals surface area contributed by atoms with Gasteiger partial charge in [0, 0.05) is 5.39 Å². The summed E-state index contributed by atoms with van der Waals surface area (Å²) in [5, 5.41) is 10.5. The summed E-state index contributed by atoms with van der Waals surface area (Å²) >= 11 is 0. The van der Waals surface area contributed by atoms with Crippen molar-refractivity contribution < 1.29 is 18.7 Å².